The molecule has 0 spiro atoms. The predicted octanol–water partition coefficient (Wildman–Crippen LogP) is 3.93. The van der Waals surface area contributed by atoms with Gasteiger partial charge in [0.25, 0.3) is 0 Å². The van der Waals surface area contributed by atoms with Crippen LogP contribution < -0.4 is 0 Å². The average molecular weight is 524 g/mol. The van der Waals surface area contributed by atoms with E-state index >= 15 is 0 Å². The molecule has 0 amide bonds. The third-order valence-electron chi connectivity index (χ3n) is 11.3. The summed E-state index contributed by atoms with van der Waals surface area (Å²) in [5.41, 5.74) is 1.78. The van der Waals surface area contributed by atoms with E-state index in [9.17, 15) is 4.79 Å². The molecule has 7 bridgehead atoms. The minimum atomic E-state index is -0.239. The molecule has 2 aliphatic heterocycles. The Labute approximate surface area is 225 Å². The number of rotatable bonds is 7. The topological polar surface area (TPSA) is 66.5 Å². The second-order valence-electron chi connectivity index (χ2n) is 12.5. The summed E-state index contributed by atoms with van der Waals surface area (Å²) in [5.74, 6) is 0.668. The molecule has 4 aliphatic carbocycles. The van der Waals surface area contributed by atoms with Crippen LogP contribution in [-0.2, 0) is 23.7 Å². The van der Waals surface area contributed by atoms with Crippen molar-refractivity contribution in [2.75, 3.05) is 41.0 Å². The van der Waals surface area contributed by atoms with Gasteiger partial charge in [-0.05, 0) is 50.3 Å². The van der Waals surface area contributed by atoms with Crippen LogP contribution in [0.4, 0.5) is 0 Å². The van der Waals surface area contributed by atoms with Crippen LogP contribution in [0.15, 0.2) is 42.0 Å². The number of benzene rings is 1. The molecule has 2 heterocycles. The molecule has 1 aromatic rings. The van der Waals surface area contributed by atoms with Gasteiger partial charge in [-0.2, -0.15) is 0 Å². The van der Waals surface area contributed by atoms with E-state index in [1.54, 1.807) is 7.11 Å². The first-order valence-corrected chi connectivity index (χ1v) is 14.4. The first kappa shape index (κ1) is 25.2. The molecule has 7 rings (SSSR count). The van der Waals surface area contributed by atoms with E-state index in [0.717, 1.165) is 45.4 Å². The molecular weight excluding hydrogens is 482 g/mol. The Morgan fingerprint density at radius 1 is 1.16 bits per heavy atom. The summed E-state index contributed by atoms with van der Waals surface area (Å²) in [6.45, 7) is 4.90. The quantitative estimate of drug-likeness (QED) is 0.396. The summed E-state index contributed by atoms with van der Waals surface area (Å²) < 4.78 is 32.0. The van der Waals surface area contributed by atoms with Crippen LogP contribution in [0.25, 0.3) is 0 Å². The Morgan fingerprint density at radius 2 is 1.97 bits per heavy atom. The molecule has 7 heteroatoms. The number of nitrogens with zero attached hydrogens (tertiary/aromatic N) is 1. The Balaban J connectivity index is 1.37. The van der Waals surface area contributed by atoms with Crippen molar-refractivity contribution >= 4 is 5.97 Å². The molecule has 206 valence electrons. The number of hydrogen-bond acceptors (Lipinski definition) is 7. The molecule has 3 saturated carbocycles. The van der Waals surface area contributed by atoms with Gasteiger partial charge in [-0.25, -0.2) is 4.79 Å². The van der Waals surface area contributed by atoms with Gasteiger partial charge in [0.15, 0.2) is 0 Å². The highest BCUT2D eigenvalue weighted by molar-refractivity contribution is 5.89. The van der Waals surface area contributed by atoms with Gasteiger partial charge in [0, 0.05) is 56.5 Å². The summed E-state index contributed by atoms with van der Waals surface area (Å²) in [6, 6.07) is 9.39. The van der Waals surface area contributed by atoms with Crippen molar-refractivity contribution in [3.63, 3.8) is 0 Å². The zero-order chi connectivity index (χ0) is 26.2. The van der Waals surface area contributed by atoms with E-state index in [4.69, 9.17) is 23.7 Å². The number of carbonyl (C=O) groups excluding carboxylic acids is 1. The lowest BCUT2D eigenvalue weighted by Crippen LogP contribution is -2.71. The van der Waals surface area contributed by atoms with Crippen molar-refractivity contribution in [2.45, 2.75) is 63.3 Å². The molecule has 0 aromatic heterocycles. The zero-order valence-corrected chi connectivity index (χ0v) is 23.0. The Hall–Kier alpha value is -1.77. The van der Waals surface area contributed by atoms with Crippen LogP contribution in [0.5, 0.6) is 0 Å². The number of methoxy groups -OCH3 is 3. The molecule has 5 fully saturated rings. The maximum Gasteiger partial charge on any atom is 0.338 e. The molecule has 38 heavy (non-hydrogen) atoms. The minimum absolute atomic E-state index is 0.00443. The third-order valence-corrected chi connectivity index (χ3v) is 11.3. The van der Waals surface area contributed by atoms with Crippen LogP contribution >= 0.6 is 0 Å². The van der Waals surface area contributed by atoms with Crippen molar-refractivity contribution in [1.29, 1.82) is 0 Å². The standard InChI is InChI=1S/C31H41NO6/c1-5-32-16-30(17-34-2)12-11-24(36-4)31-21-15-20-22(35-3)13-19(14-23(27(30)31)37-29(31)32)25(21)26(20)38-28(33)18-9-7-6-8-10-18/h6-10,14,20-27,29H,5,11-13,15-17H2,1-4H3/t20-,21+,22-,23+,24+,25+,26-,27+,29-,30+,31-/m0/s1. The summed E-state index contributed by atoms with van der Waals surface area (Å²) in [5, 5.41) is 0. The number of hydrogen-bond donors (Lipinski definition) is 0. The van der Waals surface area contributed by atoms with Gasteiger partial charge in [0.1, 0.15) is 12.3 Å². The zero-order valence-electron chi connectivity index (χ0n) is 23.0. The summed E-state index contributed by atoms with van der Waals surface area (Å²) in [7, 11) is 5.52. The molecular formula is C31H41NO6. The fourth-order valence-corrected chi connectivity index (χ4v) is 10.3. The second-order valence-corrected chi connectivity index (χ2v) is 12.5. The number of carbonyl (C=O) groups is 1. The van der Waals surface area contributed by atoms with Gasteiger partial charge >= 0.3 is 5.97 Å². The molecule has 2 saturated heterocycles. The number of likely N-dealkylation sites (tertiary alicyclic amines) is 1. The van der Waals surface area contributed by atoms with Gasteiger partial charge in [-0.1, -0.05) is 36.8 Å². The molecule has 11 atom stereocenters. The van der Waals surface area contributed by atoms with Crippen molar-refractivity contribution in [3.05, 3.63) is 47.5 Å². The average Bonchev–Trinajstić information content (AvgIpc) is 3.30. The lowest BCUT2D eigenvalue weighted by atomic mass is 9.46. The largest absolute Gasteiger partial charge is 0.458 e. The Morgan fingerprint density at radius 3 is 2.68 bits per heavy atom. The van der Waals surface area contributed by atoms with Crippen LogP contribution in [0.2, 0.25) is 0 Å². The molecule has 6 aliphatic rings. The summed E-state index contributed by atoms with van der Waals surface area (Å²) in [4.78, 5) is 16.0. The van der Waals surface area contributed by atoms with E-state index in [0.29, 0.717) is 11.5 Å². The summed E-state index contributed by atoms with van der Waals surface area (Å²) in [6.07, 6.45) is 6.24. The van der Waals surface area contributed by atoms with E-state index in [1.807, 2.05) is 44.6 Å². The number of esters is 1. The normalized spacial score (nSPS) is 46.4. The fraction of sp³-hybridized carbons (Fsp3) is 0.710. The highest BCUT2D eigenvalue weighted by Crippen LogP contribution is 2.73. The first-order valence-electron chi connectivity index (χ1n) is 14.4. The van der Waals surface area contributed by atoms with Crippen LogP contribution in [0.3, 0.4) is 0 Å². The molecule has 0 N–H and O–H groups in total. The van der Waals surface area contributed by atoms with Gasteiger partial charge < -0.3 is 23.7 Å². The third kappa shape index (κ3) is 3.17. The van der Waals surface area contributed by atoms with Gasteiger partial charge in [-0.3, -0.25) is 4.90 Å². The maximum atomic E-state index is 13.4. The van der Waals surface area contributed by atoms with E-state index in [2.05, 4.69) is 17.9 Å². The Kier molecular flexibility index (Phi) is 6.06. The smallest absolute Gasteiger partial charge is 0.338 e. The van der Waals surface area contributed by atoms with Crippen LogP contribution in [0, 0.1) is 34.5 Å². The lowest BCUT2D eigenvalue weighted by Gasteiger charge is -2.64. The predicted molar refractivity (Wildman–Crippen MR) is 140 cm³/mol. The van der Waals surface area contributed by atoms with Crippen molar-refractivity contribution < 1.29 is 28.5 Å². The number of ether oxygens (including phenoxy) is 5. The number of fused-ring (bicyclic) bond motifs is 1. The maximum absolute atomic E-state index is 13.4. The molecule has 0 unspecified atom stereocenters. The van der Waals surface area contributed by atoms with Gasteiger partial charge in [-0.15, -0.1) is 0 Å². The molecule has 7 nitrogen and oxygen atoms in total. The number of piperidine rings is 1. The van der Waals surface area contributed by atoms with Gasteiger partial charge in [0.2, 0.25) is 0 Å². The Bertz CT molecular complexity index is 1110. The SMILES string of the molecule is CCN1C[C@@]2(COC)CC[C@@H](OC)[C@]34[C@@H]5C[C@@H]6[C@H](OC(=O)c7ccccc7)[C@@H]5C(=C[C@@H](O[C@H]13)[C@H]24)C[C@@H]6OC. The monoisotopic (exact) mass is 523 g/mol. The van der Waals surface area contributed by atoms with Crippen molar-refractivity contribution in [1.82, 2.24) is 4.90 Å². The van der Waals surface area contributed by atoms with E-state index in [-0.39, 0.29) is 65.2 Å². The highest BCUT2D eigenvalue weighted by Gasteiger charge is 2.78. The van der Waals surface area contributed by atoms with Crippen LogP contribution in [0.1, 0.15) is 43.0 Å². The van der Waals surface area contributed by atoms with Crippen LogP contribution in [-0.4, -0.2) is 82.5 Å². The first-order chi connectivity index (χ1) is 18.5. The lowest BCUT2D eigenvalue weighted by molar-refractivity contribution is -0.246. The van der Waals surface area contributed by atoms with Crippen molar-refractivity contribution in [3.8, 4) is 0 Å². The van der Waals surface area contributed by atoms with Crippen molar-refractivity contribution in [2.24, 2.45) is 34.5 Å². The fourth-order valence-electron chi connectivity index (χ4n) is 10.3. The summed E-state index contributed by atoms with van der Waals surface area (Å²) >= 11 is 0. The minimum Gasteiger partial charge on any atom is -0.458 e. The second kappa shape index (κ2) is 9.13. The molecule has 1 aromatic carbocycles. The van der Waals surface area contributed by atoms with E-state index < -0.39 is 0 Å². The highest BCUT2D eigenvalue weighted by atomic mass is 16.6. The van der Waals surface area contributed by atoms with E-state index in [1.165, 1.54) is 5.57 Å². The molecule has 0 radical (unpaired) electrons. The van der Waals surface area contributed by atoms with Gasteiger partial charge in [0.05, 0.1) is 30.5 Å².